The van der Waals surface area contributed by atoms with Gasteiger partial charge in [-0.05, 0) is 69.0 Å². The van der Waals surface area contributed by atoms with E-state index in [4.69, 9.17) is 0 Å². The Hall–Kier alpha value is -3.68. The molecular weight excluding hydrogens is 459 g/mol. The lowest BCUT2D eigenvalue weighted by Crippen LogP contribution is -2.65. The Labute approximate surface area is 209 Å². The zero-order valence-electron chi connectivity index (χ0n) is 21.1. The topological polar surface area (TPSA) is 83.4 Å². The van der Waals surface area contributed by atoms with E-state index in [1.54, 1.807) is 22.5 Å². The van der Waals surface area contributed by atoms with Gasteiger partial charge in [-0.25, -0.2) is 4.39 Å². The number of aryl methyl sites for hydroxylation is 2. The van der Waals surface area contributed by atoms with Gasteiger partial charge in [-0.15, -0.1) is 0 Å². The fourth-order valence-corrected chi connectivity index (χ4v) is 5.64. The molecule has 0 spiro atoms. The van der Waals surface area contributed by atoms with Crippen LogP contribution in [0.5, 0.6) is 0 Å². The highest BCUT2D eigenvalue weighted by Gasteiger charge is 2.50. The van der Waals surface area contributed by atoms with Crippen LogP contribution in [-0.2, 0) is 16.1 Å². The standard InChI is InChI=1S/C28H31FN4O3/c1-16-9-10-17(2)23(13-16)33-26(35)25-24(30-18(3)34)21-14-19(29)11-12-22(21)32(25)15-28(33,4)27(36)31-20-7-5-6-8-20/h9-14,20H,5-8,15H2,1-4H3,(H,30,34)(H,31,36). The maximum absolute atomic E-state index is 14.4. The van der Waals surface area contributed by atoms with Gasteiger partial charge in [0.2, 0.25) is 11.8 Å². The number of carbonyl (C=O) groups excluding carboxylic acids is 3. The average molecular weight is 491 g/mol. The Morgan fingerprint density at radius 1 is 1.08 bits per heavy atom. The van der Waals surface area contributed by atoms with Gasteiger partial charge in [-0.1, -0.05) is 25.0 Å². The van der Waals surface area contributed by atoms with E-state index in [9.17, 15) is 18.8 Å². The second kappa shape index (κ2) is 8.76. The van der Waals surface area contributed by atoms with E-state index in [0.29, 0.717) is 16.6 Å². The van der Waals surface area contributed by atoms with Crippen LogP contribution < -0.4 is 15.5 Å². The molecular formula is C28H31FN4O3. The summed E-state index contributed by atoms with van der Waals surface area (Å²) in [5.41, 5.74) is 2.28. The number of carbonyl (C=O) groups is 3. The first-order valence-corrected chi connectivity index (χ1v) is 12.4. The molecule has 3 aromatic rings. The van der Waals surface area contributed by atoms with Crippen LogP contribution in [-0.4, -0.2) is 33.9 Å². The highest BCUT2D eigenvalue weighted by atomic mass is 19.1. The van der Waals surface area contributed by atoms with E-state index in [0.717, 1.165) is 36.8 Å². The maximum Gasteiger partial charge on any atom is 0.278 e. The molecule has 1 aliphatic heterocycles. The van der Waals surface area contributed by atoms with Crippen molar-refractivity contribution < 1.29 is 18.8 Å². The molecule has 188 valence electrons. The smallest absolute Gasteiger partial charge is 0.278 e. The summed E-state index contributed by atoms with van der Waals surface area (Å²) in [4.78, 5) is 42.0. The number of hydrogen-bond donors (Lipinski definition) is 2. The molecule has 1 unspecified atom stereocenters. The summed E-state index contributed by atoms with van der Waals surface area (Å²) >= 11 is 0. The number of aromatic nitrogens is 1. The molecule has 8 heteroatoms. The van der Waals surface area contributed by atoms with Gasteiger partial charge in [0, 0.05) is 24.0 Å². The van der Waals surface area contributed by atoms with E-state index in [-0.39, 0.29) is 35.8 Å². The first-order valence-electron chi connectivity index (χ1n) is 12.4. The first-order chi connectivity index (χ1) is 17.1. The summed E-state index contributed by atoms with van der Waals surface area (Å²) in [6.45, 7) is 7.14. The van der Waals surface area contributed by atoms with Gasteiger partial charge < -0.3 is 15.2 Å². The van der Waals surface area contributed by atoms with Gasteiger partial charge in [0.05, 0.1) is 17.7 Å². The molecule has 1 saturated carbocycles. The number of anilines is 2. The van der Waals surface area contributed by atoms with Crippen LogP contribution in [0.2, 0.25) is 0 Å². The zero-order chi connectivity index (χ0) is 25.8. The van der Waals surface area contributed by atoms with E-state index in [2.05, 4.69) is 10.6 Å². The lowest BCUT2D eigenvalue weighted by Gasteiger charge is -2.45. The largest absolute Gasteiger partial charge is 0.351 e. The van der Waals surface area contributed by atoms with Crippen molar-refractivity contribution in [1.82, 2.24) is 9.88 Å². The summed E-state index contributed by atoms with van der Waals surface area (Å²) in [6.07, 6.45) is 3.98. The lowest BCUT2D eigenvalue weighted by molar-refractivity contribution is -0.127. The number of nitrogens with zero attached hydrogens (tertiary/aromatic N) is 2. The van der Waals surface area contributed by atoms with E-state index in [1.807, 2.05) is 32.0 Å². The highest BCUT2D eigenvalue weighted by molar-refractivity contribution is 6.20. The van der Waals surface area contributed by atoms with Crippen molar-refractivity contribution in [2.24, 2.45) is 0 Å². The van der Waals surface area contributed by atoms with Crippen molar-refractivity contribution in [3.63, 3.8) is 0 Å². The number of rotatable bonds is 4. The number of benzene rings is 2. The summed E-state index contributed by atoms with van der Waals surface area (Å²) in [7, 11) is 0. The van der Waals surface area contributed by atoms with Crippen molar-refractivity contribution in [2.75, 3.05) is 10.2 Å². The predicted molar refractivity (Wildman–Crippen MR) is 138 cm³/mol. The van der Waals surface area contributed by atoms with Crippen LogP contribution in [0.1, 0.15) is 61.1 Å². The summed E-state index contributed by atoms with van der Waals surface area (Å²) in [5, 5.41) is 6.37. The first kappa shape index (κ1) is 24.0. The molecule has 3 amide bonds. The van der Waals surface area contributed by atoms with E-state index >= 15 is 0 Å². The Kier molecular flexibility index (Phi) is 5.85. The second-order valence-corrected chi connectivity index (χ2v) is 10.3. The molecule has 0 saturated heterocycles. The number of halogens is 1. The third kappa shape index (κ3) is 3.85. The van der Waals surface area contributed by atoms with Gasteiger partial charge in [0.25, 0.3) is 5.91 Å². The molecule has 2 aromatic carbocycles. The predicted octanol–water partition coefficient (Wildman–Crippen LogP) is 4.83. The number of fused-ring (bicyclic) bond motifs is 3. The maximum atomic E-state index is 14.4. The minimum Gasteiger partial charge on any atom is -0.351 e. The summed E-state index contributed by atoms with van der Waals surface area (Å²) in [6, 6.07) is 10.1. The van der Waals surface area contributed by atoms with Gasteiger partial charge >= 0.3 is 0 Å². The van der Waals surface area contributed by atoms with Crippen LogP contribution in [0.15, 0.2) is 36.4 Å². The fraction of sp³-hybridized carbons (Fsp3) is 0.393. The molecule has 7 nitrogen and oxygen atoms in total. The minimum atomic E-state index is -1.25. The van der Waals surface area contributed by atoms with Crippen molar-refractivity contribution in [1.29, 1.82) is 0 Å². The van der Waals surface area contributed by atoms with Crippen LogP contribution in [0.3, 0.4) is 0 Å². The highest BCUT2D eigenvalue weighted by Crippen LogP contribution is 2.42. The van der Waals surface area contributed by atoms with Crippen molar-refractivity contribution in [3.8, 4) is 0 Å². The molecule has 1 fully saturated rings. The SMILES string of the molecule is CC(=O)Nc1c2n(c3ccc(F)cc13)CC(C)(C(=O)NC1CCCC1)N(c1cc(C)ccc1C)C2=O. The van der Waals surface area contributed by atoms with Gasteiger partial charge in [-0.3, -0.25) is 19.3 Å². The molecule has 5 rings (SSSR count). The molecule has 36 heavy (non-hydrogen) atoms. The average Bonchev–Trinajstić information content (AvgIpc) is 3.42. The van der Waals surface area contributed by atoms with Crippen LogP contribution in [0.4, 0.5) is 15.8 Å². The van der Waals surface area contributed by atoms with Crippen LogP contribution in [0, 0.1) is 19.7 Å². The van der Waals surface area contributed by atoms with E-state index in [1.165, 1.54) is 19.1 Å². The Morgan fingerprint density at radius 2 is 1.81 bits per heavy atom. The molecule has 1 aromatic heterocycles. The van der Waals surface area contributed by atoms with Crippen molar-refractivity contribution >= 4 is 40.0 Å². The second-order valence-electron chi connectivity index (χ2n) is 10.3. The van der Waals surface area contributed by atoms with Crippen molar-refractivity contribution in [2.45, 2.75) is 71.5 Å². The monoisotopic (exact) mass is 490 g/mol. The Bertz CT molecular complexity index is 1410. The third-order valence-electron chi connectivity index (χ3n) is 7.48. The number of hydrogen-bond acceptors (Lipinski definition) is 3. The van der Waals surface area contributed by atoms with Crippen LogP contribution in [0.25, 0.3) is 10.9 Å². The summed E-state index contributed by atoms with van der Waals surface area (Å²) < 4.78 is 16.0. The molecule has 0 radical (unpaired) electrons. The lowest BCUT2D eigenvalue weighted by atomic mass is 9.92. The quantitative estimate of drug-likeness (QED) is 0.549. The fourth-order valence-electron chi connectivity index (χ4n) is 5.64. The van der Waals surface area contributed by atoms with Gasteiger partial charge in [0.15, 0.2) is 0 Å². The summed E-state index contributed by atoms with van der Waals surface area (Å²) in [5.74, 6) is -1.48. The molecule has 1 aliphatic carbocycles. The molecule has 0 bridgehead atoms. The molecule has 2 aliphatic rings. The zero-order valence-corrected chi connectivity index (χ0v) is 21.1. The third-order valence-corrected chi connectivity index (χ3v) is 7.48. The van der Waals surface area contributed by atoms with Crippen molar-refractivity contribution in [3.05, 3.63) is 59.0 Å². The molecule has 2 N–H and O–H groups in total. The minimum absolute atomic E-state index is 0.0803. The van der Waals surface area contributed by atoms with Gasteiger partial charge in [-0.2, -0.15) is 0 Å². The van der Waals surface area contributed by atoms with Crippen LogP contribution >= 0.6 is 0 Å². The van der Waals surface area contributed by atoms with Gasteiger partial charge in [0.1, 0.15) is 17.1 Å². The Morgan fingerprint density at radius 3 is 2.50 bits per heavy atom. The Balaban J connectivity index is 1.75. The normalized spacial score (nSPS) is 20.0. The molecule has 2 heterocycles. The van der Waals surface area contributed by atoms with E-state index < -0.39 is 17.3 Å². The number of amides is 3. The molecule has 1 atom stereocenters. The number of nitrogens with one attached hydrogen (secondary N) is 2.